The van der Waals surface area contributed by atoms with E-state index in [0.29, 0.717) is 6.04 Å². The molecule has 0 saturated heterocycles. The number of aryl methyl sites for hydroxylation is 1. The smallest absolute Gasteiger partial charge is 0.00183 e. The van der Waals surface area contributed by atoms with Gasteiger partial charge in [-0.05, 0) is 49.7 Å². The van der Waals surface area contributed by atoms with Crippen LogP contribution in [0.15, 0.2) is 30.3 Å². The minimum Gasteiger partial charge on any atom is -0.328 e. The Balaban J connectivity index is 1.93. The molecule has 1 aromatic rings. The Kier molecular flexibility index (Phi) is 7.35. The number of hydrogen-bond acceptors (Lipinski definition) is 2. The molecule has 0 aliphatic carbocycles. The fourth-order valence-corrected chi connectivity index (χ4v) is 2.70. The molecular formula is C14H23NS. The van der Waals surface area contributed by atoms with Crippen molar-refractivity contribution in [2.45, 2.75) is 38.6 Å². The summed E-state index contributed by atoms with van der Waals surface area (Å²) in [6, 6.07) is 11.1. The molecule has 1 aromatic carbocycles. The predicted octanol–water partition coefficient (Wildman–Crippen LogP) is 3.48. The normalized spacial score (nSPS) is 12.6. The van der Waals surface area contributed by atoms with Gasteiger partial charge in [0.1, 0.15) is 0 Å². The van der Waals surface area contributed by atoms with Gasteiger partial charge >= 0.3 is 0 Å². The Labute approximate surface area is 104 Å². The Morgan fingerprint density at radius 3 is 2.56 bits per heavy atom. The van der Waals surface area contributed by atoms with Crippen LogP contribution >= 0.6 is 11.8 Å². The highest BCUT2D eigenvalue weighted by molar-refractivity contribution is 7.99. The van der Waals surface area contributed by atoms with E-state index < -0.39 is 0 Å². The van der Waals surface area contributed by atoms with Crippen molar-refractivity contribution in [1.29, 1.82) is 0 Å². The summed E-state index contributed by atoms with van der Waals surface area (Å²) in [5.74, 6) is 2.49. The van der Waals surface area contributed by atoms with E-state index in [1.807, 2.05) is 11.8 Å². The monoisotopic (exact) mass is 237 g/mol. The maximum atomic E-state index is 5.70. The minimum absolute atomic E-state index is 0.358. The predicted molar refractivity (Wildman–Crippen MR) is 75.0 cm³/mol. The molecule has 2 heteroatoms. The van der Waals surface area contributed by atoms with Gasteiger partial charge < -0.3 is 5.73 Å². The summed E-state index contributed by atoms with van der Waals surface area (Å²) in [5, 5.41) is 0. The molecule has 0 saturated carbocycles. The van der Waals surface area contributed by atoms with E-state index in [1.165, 1.54) is 36.3 Å². The Morgan fingerprint density at radius 2 is 1.88 bits per heavy atom. The van der Waals surface area contributed by atoms with Crippen LogP contribution in [0, 0.1) is 0 Å². The van der Waals surface area contributed by atoms with E-state index in [9.17, 15) is 0 Å². The molecule has 0 radical (unpaired) electrons. The molecule has 1 rings (SSSR count). The molecule has 0 spiro atoms. The first-order valence-electron chi connectivity index (χ1n) is 6.16. The first-order valence-corrected chi connectivity index (χ1v) is 7.32. The van der Waals surface area contributed by atoms with Crippen LogP contribution in [0.1, 0.15) is 31.7 Å². The SMILES string of the molecule is CC(N)CCSCCCCc1ccccc1. The van der Waals surface area contributed by atoms with Crippen molar-refractivity contribution >= 4 is 11.8 Å². The highest BCUT2D eigenvalue weighted by Gasteiger charge is 1.95. The zero-order chi connectivity index (χ0) is 11.6. The van der Waals surface area contributed by atoms with Gasteiger partial charge in [-0.1, -0.05) is 30.3 Å². The van der Waals surface area contributed by atoms with Gasteiger partial charge in [0.25, 0.3) is 0 Å². The third-order valence-corrected chi connectivity index (χ3v) is 3.67. The van der Waals surface area contributed by atoms with E-state index in [1.54, 1.807) is 0 Å². The van der Waals surface area contributed by atoms with Crippen LogP contribution in [-0.4, -0.2) is 17.5 Å². The number of unbranched alkanes of at least 4 members (excludes halogenated alkanes) is 1. The van der Waals surface area contributed by atoms with Gasteiger partial charge in [-0.2, -0.15) is 11.8 Å². The second-order valence-corrected chi connectivity index (χ2v) is 5.55. The zero-order valence-corrected chi connectivity index (χ0v) is 11.0. The summed E-state index contributed by atoms with van der Waals surface area (Å²) in [6.07, 6.45) is 4.98. The summed E-state index contributed by atoms with van der Waals surface area (Å²) < 4.78 is 0. The molecule has 0 heterocycles. The second-order valence-electron chi connectivity index (χ2n) is 4.32. The van der Waals surface area contributed by atoms with Crippen molar-refractivity contribution in [3.05, 3.63) is 35.9 Å². The first kappa shape index (κ1) is 13.6. The standard InChI is InChI=1S/C14H23NS/c1-13(15)10-12-16-11-6-5-9-14-7-3-2-4-8-14/h2-4,7-8,13H,5-6,9-12,15H2,1H3. The topological polar surface area (TPSA) is 26.0 Å². The van der Waals surface area contributed by atoms with Gasteiger partial charge in [-0.15, -0.1) is 0 Å². The van der Waals surface area contributed by atoms with E-state index >= 15 is 0 Å². The number of benzene rings is 1. The molecule has 1 atom stereocenters. The lowest BCUT2D eigenvalue weighted by Crippen LogP contribution is -2.15. The summed E-state index contributed by atoms with van der Waals surface area (Å²) in [5.41, 5.74) is 7.16. The van der Waals surface area contributed by atoms with Crippen LogP contribution in [0.5, 0.6) is 0 Å². The molecule has 2 N–H and O–H groups in total. The molecule has 1 unspecified atom stereocenters. The third kappa shape index (κ3) is 6.91. The molecule has 16 heavy (non-hydrogen) atoms. The summed E-state index contributed by atoms with van der Waals surface area (Å²) >= 11 is 2.04. The van der Waals surface area contributed by atoms with Crippen molar-refractivity contribution in [3.8, 4) is 0 Å². The molecule has 0 aliphatic rings. The number of nitrogens with two attached hydrogens (primary N) is 1. The molecule has 0 amide bonds. The van der Waals surface area contributed by atoms with Gasteiger partial charge in [0.05, 0.1) is 0 Å². The fourth-order valence-electron chi connectivity index (χ4n) is 1.55. The lowest BCUT2D eigenvalue weighted by Gasteiger charge is -2.04. The van der Waals surface area contributed by atoms with E-state index in [4.69, 9.17) is 5.73 Å². The zero-order valence-electron chi connectivity index (χ0n) is 10.2. The quantitative estimate of drug-likeness (QED) is 0.701. The largest absolute Gasteiger partial charge is 0.328 e. The third-order valence-electron chi connectivity index (χ3n) is 2.56. The van der Waals surface area contributed by atoms with Crippen LogP contribution in [-0.2, 0) is 6.42 Å². The Hall–Kier alpha value is -0.470. The number of hydrogen-bond donors (Lipinski definition) is 1. The number of thioether (sulfide) groups is 1. The van der Waals surface area contributed by atoms with E-state index in [0.717, 1.165) is 6.42 Å². The molecule has 90 valence electrons. The van der Waals surface area contributed by atoms with Gasteiger partial charge in [0.15, 0.2) is 0 Å². The van der Waals surface area contributed by atoms with Gasteiger partial charge in [-0.3, -0.25) is 0 Å². The van der Waals surface area contributed by atoms with Gasteiger partial charge in [0.2, 0.25) is 0 Å². The Bertz CT molecular complexity index is 259. The molecule has 0 bridgehead atoms. The first-order chi connectivity index (χ1) is 7.79. The molecular weight excluding hydrogens is 214 g/mol. The fraction of sp³-hybridized carbons (Fsp3) is 0.571. The maximum Gasteiger partial charge on any atom is 0.00183 e. The average molecular weight is 237 g/mol. The van der Waals surface area contributed by atoms with Crippen LogP contribution in [0.2, 0.25) is 0 Å². The highest BCUT2D eigenvalue weighted by Crippen LogP contribution is 2.10. The van der Waals surface area contributed by atoms with Crippen molar-refractivity contribution in [3.63, 3.8) is 0 Å². The van der Waals surface area contributed by atoms with Crippen LogP contribution in [0.25, 0.3) is 0 Å². The number of rotatable bonds is 8. The summed E-state index contributed by atoms with van der Waals surface area (Å²) in [6.45, 7) is 2.08. The van der Waals surface area contributed by atoms with Crippen LogP contribution < -0.4 is 5.73 Å². The maximum absolute atomic E-state index is 5.70. The van der Waals surface area contributed by atoms with Gasteiger partial charge in [0, 0.05) is 6.04 Å². The second kappa shape index (κ2) is 8.66. The summed E-state index contributed by atoms with van der Waals surface area (Å²) in [7, 11) is 0. The molecule has 0 aromatic heterocycles. The minimum atomic E-state index is 0.358. The molecule has 1 nitrogen and oxygen atoms in total. The van der Waals surface area contributed by atoms with E-state index in [2.05, 4.69) is 37.3 Å². The van der Waals surface area contributed by atoms with Crippen molar-refractivity contribution in [1.82, 2.24) is 0 Å². The lowest BCUT2D eigenvalue weighted by molar-refractivity contribution is 0.720. The van der Waals surface area contributed by atoms with E-state index in [-0.39, 0.29) is 0 Å². The lowest BCUT2D eigenvalue weighted by atomic mass is 10.1. The highest BCUT2D eigenvalue weighted by atomic mass is 32.2. The van der Waals surface area contributed by atoms with Crippen LogP contribution in [0.3, 0.4) is 0 Å². The molecule has 0 fully saturated rings. The van der Waals surface area contributed by atoms with Crippen molar-refractivity contribution < 1.29 is 0 Å². The average Bonchev–Trinajstić information content (AvgIpc) is 2.29. The van der Waals surface area contributed by atoms with Crippen LogP contribution in [0.4, 0.5) is 0 Å². The van der Waals surface area contributed by atoms with Crippen molar-refractivity contribution in [2.24, 2.45) is 5.73 Å². The van der Waals surface area contributed by atoms with Gasteiger partial charge in [-0.25, -0.2) is 0 Å². The van der Waals surface area contributed by atoms with Crippen molar-refractivity contribution in [2.75, 3.05) is 11.5 Å². The Morgan fingerprint density at radius 1 is 1.12 bits per heavy atom. The molecule has 0 aliphatic heterocycles. The summed E-state index contributed by atoms with van der Waals surface area (Å²) in [4.78, 5) is 0.